The van der Waals surface area contributed by atoms with Gasteiger partial charge >= 0.3 is 0 Å². The Morgan fingerprint density at radius 1 is 1.13 bits per heavy atom. The van der Waals surface area contributed by atoms with Gasteiger partial charge in [0.25, 0.3) is 0 Å². The van der Waals surface area contributed by atoms with Gasteiger partial charge in [-0.1, -0.05) is 19.3 Å². The summed E-state index contributed by atoms with van der Waals surface area (Å²) in [6.07, 6.45) is 7.03. The van der Waals surface area contributed by atoms with Gasteiger partial charge in [0.15, 0.2) is 0 Å². The fraction of sp³-hybridized carbons (Fsp3) is 0.789. The lowest BCUT2D eigenvalue weighted by Gasteiger charge is -2.20. The predicted molar refractivity (Wildman–Crippen MR) is 98.0 cm³/mol. The third kappa shape index (κ3) is 4.56. The van der Waals surface area contributed by atoms with Crippen LogP contribution >= 0.6 is 11.3 Å². The first-order valence-electron chi connectivity index (χ1n) is 9.22. The summed E-state index contributed by atoms with van der Waals surface area (Å²) in [5, 5.41) is 9.66. The van der Waals surface area contributed by atoms with Gasteiger partial charge in [0.05, 0.1) is 0 Å². The fourth-order valence-electron chi connectivity index (χ4n) is 4.35. The highest BCUT2D eigenvalue weighted by Gasteiger charge is 2.32. The summed E-state index contributed by atoms with van der Waals surface area (Å²) < 4.78 is 0. The first kappa shape index (κ1) is 17.4. The number of thiophene rings is 1. The number of aliphatic hydroxyl groups excluding tert-OH is 1. The Labute approximate surface area is 145 Å². The average Bonchev–Trinajstić information content (AvgIpc) is 3.15. The van der Waals surface area contributed by atoms with Crippen LogP contribution in [0.25, 0.3) is 0 Å². The molecule has 1 aliphatic heterocycles. The van der Waals surface area contributed by atoms with Crippen LogP contribution in [-0.4, -0.2) is 55.2 Å². The van der Waals surface area contributed by atoms with Crippen molar-refractivity contribution in [3.63, 3.8) is 0 Å². The lowest BCUT2D eigenvalue weighted by Crippen LogP contribution is -2.28. The van der Waals surface area contributed by atoms with Crippen molar-refractivity contribution in [2.45, 2.75) is 44.6 Å². The summed E-state index contributed by atoms with van der Waals surface area (Å²) >= 11 is 2.04. The quantitative estimate of drug-likeness (QED) is 0.862. The predicted octanol–water partition coefficient (Wildman–Crippen LogP) is 3.40. The molecule has 23 heavy (non-hydrogen) atoms. The van der Waals surface area contributed by atoms with E-state index >= 15 is 0 Å². The second-order valence-corrected chi connectivity index (χ2v) is 9.00. The number of hydrogen-bond acceptors (Lipinski definition) is 4. The maximum absolute atomic E-state index is 9.66. The zero-order valence-corrected chi connectivity index (χ0v) is 15.5. The van der Waals surface area contributed by atoms with E-state index in [-0.39, 0.29) is 0 Å². The number of aliphatic hydroxyl groups is 1. The Kier molecular flexibility index (Phi) is 6.13. The minimum Gasteiger partial charge on any atom is -0.396 e. The second kappa shape index (κ2) is 8.11. The minimum absolute atomic E-state index is 0.326. The Hall–Kier alpha value is -0.420. The van der Waals surface area contributed by atoms with Crippen LogP contribution in [0.5, 0.6) is 0 Å². The van der Waals surface area contributed by atoms with E-state index in [0.29, 0.717) is 18.4 Å². The van der Waals surface area contributed by atoms with Gasteiger partial charge in [0.2, 0.25) is 0 Å². The van der Waals surface area contributed by atoms with Crippen LogP contribution in [0.4, 0.5) is 0 Å². The molecule has 2 aliphatic rings. The average molecular weight is 337 g/mol. The molecule has 2 fully saturated rings. The SMILES string of the molecule is CN(C)C[C@@H]1CN(Cc2ccc(C3CCCCC3)s2)C[C@@H]1CO. The molecule has 1 aromatic heterocycles. The van der Waals surface area contributed by atoms with Crippen molar-refractivity contribution in [2.24, 2.45) is 11.8 Å². The summed E-state index contributed by atoms with van der Waals surface area (Å²) in [5.41, 5.74) is 0. The fourth-order valence-corrected chi connectivity index (χ4v) is 5.58. The largest absolute Gasteiger partial charge is 0.396 e. The van der Waals surface area contributed by atoms with E-state index in [4.69, 9.17) is 0 Å². The van der Waals surface area contributed by atoms with Crippen LogP contribution in [0.15, 0.2) is 12.1 Å². The number of rotatable bonds is 6. The third-order valence-corrected chi connectivity index (χ3v) is 6.79. The molecule has 0 amide bonds. The van der Waals surface area contributed by atoms with Crippen LogP contribution in [0, 0.1) is 11.8 Å². The molecule has 2 atom stereocenters. The summed E-state index contributed by atoms with van der Waals surface area (Å²) in [6.45, 7) is 4.65. The van der Waals surface area contributed by atoms with Crippen molar-refractivity contribution in [1.82, 2.24) is 9.80 Å². The van der Waals surface area contributed by atoms with Crippen molar-refractivity contribution in [1.29, 1.82) is 0 Å². The van der Waals surface area contributed by atoms with Gasteiger partial charge in [-0.2, -0.15) is 0 Å². The van der Waals surface area contributed by atoms with Gasteiger partial charge in [0, 0.05) is 42.5 Å². The lowest BCUT2D eigenvalue weighted by atomic mass is 9.88. The molecular formula is C19H32N2OS. The maximum Gasteiger partial charge on any atom is 0.0475 e. The number of likely N-dealkylation sites (tertiary alicyclic amines) is 1. The normalized spacial score (nSPS) is 27.1. The molecule has 130 valence electrons. The molecule has 4 heteroatoms. The van der Waals surface area contributed by atoms with E-state index in [1.54, 1.807) is 4.88 Å². The molecule has 1 saturated heterocycles. The molecule has 0 unspecified atom stereocenters. The van der Waals surface area contributed by atoms with Crippen molar-refractivity contribution in [3.05, 3.63) is 21.9 Å². The Balaban J connectivity index is 1.56. The van der Waals surface area contributed by atoms with Crippen LogP contribution in [0.3, 0.4) is 0 Å². The summed E-state index contributed by atoms with van der Waals surface area (Å²) in [7, 11) is 4.26. The highest BCUT2D eigenvalue weighted by Crippen LogP contribution is 2.37. The van der Waals surface area contributed by atoms with Gasteiger partial charge in [0.1, 0.15) is 0 Å². The minimum atomic E-state index is 0.326. The Bertz CT molecular complexity index is 481. The number of hydrogen-bond donors (Lipinski definition) is 1. The Morgan fingerprint density at radius 2 is 1.87 bits per heavy atom. The molecule has 1 N–H and O–H groups in total. The summed E-state index contributed by atoms with van der Waals surface area (Å²) in [4.78, 5) is 7.92. The van der Waals surface area contributed by atoms with E-state index < -0.39 is 0 Å². The van der Waals surface area contributed by atoms with E-state index in [1.807, 2.05) is 11.3 Å². The standard InChI is InChI=1S/C19H32N2OS/c1-20(2)10-16-11-21(12-17(16)14-22)13-18-8-9-19(23-18)15-6-4-3-5-7-15/h8-9,15-17,22H,3-7,10-14H2,1-2H3/t16-,17-/m1/s1. The van der Waals surface area contributed by atoms with Gasteiger partial charge in [-0.15, -0.1) is 11.3 Å². The number of nitrogens with zero attached hydrogens (tertiary/aromatic N) is 2. The van der Waals surface area contributed by atoms with Crippen molar-refractivity contribution in [2.75, 3.05) is 40.3 Å². The highest BCUT2D eigenvalue weighted by molar-refractivity contribution is 7.12. The summed E-state index contributed by atoms with van der Waals surface area (Å²) in [5.74, 6) is 1.87. The molecule has 3 rings (SSSR count). The maximum atomic E-state index is 9.66. The molecule has 1 saturated carbocycles. The summed E-state index contributed by atoms with van der Waals surface area (Å²) in [6, 6.07) is 4.73. The Morgan fingerprint density at radius 3 is 2.57 bits per heavy atom. The molecule has 0 aromatic carbocycles. The molecule has 1 aliphatic carbocycles. The molecular weight excluding hydrogens is 304 g/mol. The van der Waals surface area contributed by atoms with Gasteiger partial charge in [-0.3, -0.25) is 4.90 Å². The van der Waals surface area contributed by atoms with Crippen molar-refractivity contribution >= 4 is 11.3 Å². The van der Waals surface area contributed by atoms with E-state index in [2.05, 4.69) is 36.0 Å². The van der Waals surface area contributed by atoms with E-state index in [9.17, 15) is 5.11 Å². The topological polar surface area (TPSA) is 26.7 Å². The van der Waals surface area contributed by atoms with Crippen molar-refractivity contribution in [3.8, 4) is 0 Å². The van der Waals surface area contributed by atoms with Crippen LogP contribution in [0.2, 0.25) is 0 Å². The van der Waals surface area contributed by atoms with Crippen LogP contribution in [-0.2, 0) is 6.54 Å². The van der Waals surface area contributed by atoms with Crippen LogP contribution in [0.1, 0.15) is 47.8 Å². The van der Waals surface area contributed by atoms with E-state index in [1.165, 1.54) is 37.0 Å². The second-order valence-electron chi connectivity index (χ2n) is 7.80. The third-order valence-electron chi connectivity index (χ3n) is 5.56. The van der Waals surface area contributed by atoms with Gasteiger partial charge in [-0.25, -0.2) is 0 Å². The molecule has 0 spiro atoms. The molecule has 2 heterocycles. The van der Waals surface area contributed by atoms with Gasteiger partial charge < -0.3 is 10.0 Å². The molecule has 0 radical (unpaired) electrons. The lowest BCUT2D eigenvalue weighted by molar-refractivity contribution is 0.183. The monoisotopic (exact) mass is 336 g/mol. The van der Waals surface area contributed by atoms with Gasteiger partial charge in [-0.05, 0) is 56.8 Å². The molecule has 0 bridgehead atoms. The molecule has 1 aromatic rings. The van der Waals surface area contributed by atoms with Crippen molar-refractivity contribution < 1.29 is 5.11 Å². The first-order chi connectivity index (χ1) is 11.2. The zero-order chi connectivity index (χ0) is 16.2. The smallest absolute Gasteiger partial charge is 0.0475 e. The van der Waals surface area contributed by atoms with E-state index in [0.717, 1.165) is 32.1 Å². The highest BCUT2D eigenvalue weighted by atomic mass is 32.1. The molecule has 3 nitrogen and oxygen atoms in total. The van der Waals surface area contributed by atoms with Crippen LogP contribution < -0.4 is 0 Å². The first-order valence-corrected chi connectivity index (χ1v) is 10.0. The zero-order valence-electron chi connectivity index (χ0n) is 14.7.